The third-order valence-corrected chi connectivity index (χ3v) is 13.1. The van der Waals surface area contributed by atoms with E-state index in [1.54, 1.807) is 0 Å². The molecule has 0 spiro atoms. The summed E-state index contributed by atoms with van der Waals surface area (Å²) in [6, 6.07) is 10.9. The average Bonchev–Trinajstić information content (AvgIpc) is 3.04. The molecule has 4 saturated carbocycles. The minimum absolute atomic E-state index is 0.0912. The van der Waals surface area contributed by atoms with Crippen LogP contribution < -0.4 is 5.19 Å². The Morgan fingerprint density at radius 3 is 2.39 bits per heavy atom. The molecule has 0 unspecified atom stereocenters. The van der Waals surface area contributed by atoms with Crippen LogP contribution in [0, 0.1) is 34.5 Å². The van der Waals surface area contributed by atoms with E-state index in [9.17, 15) is 5.11 Å². The predicted molar refractivity (Wildman–Crippen MR) is 131 cm³/mol. The number of hydrogen-bond donors (Lipinski definition) is 1. The summed E-state index contributed by atoms with van der Waals surface area (Å²) in [6.07, 6.45) is 9.82. The fourth-order valence-electron chi connectivity index (χ4n) is 8.61. The topological polar surface area (TPSA) is 29.5 Å². The summed E-state index contributed by atoms with van der Waals surface area (Å²) >= 11 is 0. The molecule has 0 radical (unpaired) electrons. The molecule has 1 N–H and O–H groups in total. The van der Waals surface area contributed by atoms with Crippen LogP contribution in [0.2, 0.25) is 13.1 Å². The van der Waals surface area contributed by atoms with Gasteiger partial charge >= 0.3 is 0 Å². The van der Waals surface area contributed by atoms with Gasteiger partial charge in [0.15, 0.2) is 0 Å². The molecule has 2 nitrogen and oxygen atoms in total. The first-order valence-electron chi connectivity index (χ1n) is 12.7. The molecular formula is C28H42O2Si. The molecular weight excluding hydrogens is 396 g/mol. The third kappa shape index (κ3) is 3.41. The standard InChI is InChI=1S/C28H42O2Si/c1-19-17-22-23-11-12-26(29)28(23,3)16-14-24(22)27(2)15-13-20(18-25(19)27)30-31(4,5)21-9-7-6-8-10-21/h6-10,20,22-26,29H,1,11-18H2,2-5H3/t20-,22-,23-,24-,25+,26-,27+,28-/m0/s1. The first-order chi connectivity index (χ1) is 14.6. The van der Waals surface area contributed by atoms with E-state index in [2.05, 4.69) is 63.9 Å². The highest BCUT2D eigenvalue weighted by Crippen LogP contribution is 2.67. The first kappa shape index (κ1) is 21.9. The largest absolute Gasteiger partial charge is 0.410 e. The monoisotopic (exact) mass is 438 g/mol. The lowest BCUT2D eigenvalue weighted by molar-refractivity contribution is -0.113. The van der Waals surface area contributed by atoms with Crippen LogP contribution in [-0.4, -0.2) is 25.6 Å². The van der Waals surface area contributed by atoms with Crippen molar-refractivity contribution in [2.24, 2.45) is 34.5 Å². The van der Waals surface area contributed by atoms with Crippen molar-refractivity contribution in [2.75, 3.05) is 0 Å². The SMILES string of the molecule is C=C1C[C@@H]2[C@H](CC[C@]3(C)[C@@H](O)CC[C@@H]23)[C@@]2(C)CC[C@H](O[Si](C)(C)c3ccccc3)C[C@H]12. The molecule has 3 heteroatoms. The van der Waals surface area contributed by atoms with E-state index in [-0.39, 0.29) is 11.5 Å². The molecule has 4 aliphatic carbocycles. The number of aliphatic hydroxyl groups is 1. The number of aliphatic hydroxyl groups excluding tert-OH is 1. The second-order valence-corrected chi connectivity index (χ2v) is 16.2. The van der Waals surface area contributed by atoms with Gasteiger partial charge in [0, 0.05) is 6.10 Å². The molecule has 5 rings (SSSR count). The van der Waals surface area contributed by atoms with Gasteiger partial charge in [-0.3, -0.25) is 0 Å². The maximum absolute atomic E-state index is 10.7. The van der Waals surface area contributed by atoms with E-state index in [0.717, 1.165) is 24.7 Å². The zero-order valence-corrected chi connectivity index (χ0v) is 21.1. The van der Waals surface area contributed by atoms with Crippen molar-refractivity contribution in [3.05, 3.63) is 42.5 Å². The molecule has 1 aromatic rings. The Hall–Kier alpha value is -0.903. The minimum Gasteiger partial charge on any atom is -0.410 e. The highest BCUT2D eigenvalue weighted by atomic mass is 28.4. The zero-order valence-electron chi connectivity index (χ0n) is 20.1. The maximum atomic E-state index is 10.7. The number of benzene rings is 1. The number of hydrogen-bond acceptors (Lipinski definition) is 2. The summed E-state index contributed by atoms with van der Waals surface area (Å²) < 4.78 is 6.91. The summed E-state index contributed by atoms with van der Waals surface area (Å²) in [6.45, 7) is 14.4. The molecule has 170 valence electrons. The highest BCUT2D eigenvalue weighted by Gasteiger charge is 2.61. The van der Waals surface area contributed by atoms with Crippen LogP contribution in [-0.2, 0) is 4.43 Å². The van der Waals surface area contributed by atoms with Gasteiger partial charge in [0.1, 0.15) is 0 Å². The van der Waals surface area contributed by atoms with Crippen LogP contribution in [0.5, 0.6) is 0 Å². The second kappa shape index (κ2) is 7.57. The molecule has 0 aliphatic heterocycles. The van der Waals surface area contributed by atoms with E-state index >= 15 is 0 Å². The lowest BCUT2D eigenvalue weighted by Crippen LogP contribution is -2.56. The van der Waals surface area contributed by atoms with Crippen LogP contribution in [0.3, 0.4) is 0 Å². The van der Waals surface area contributed by atoms with Crippen LogP contribution in [0.1, 0.15) is 65.2 Å². The Balaban J connectivity index is 1.34. The van der Waals surface area contributed by atoms with Crippen molar-refractivity contribution in [3.8, 4) is 0 Å². The molecule has 31 heavy (non-hydrogen) atoms. The van der Waals surface area contributed by atoms with E-state index in [4.69, 9.17) is 4.43 Å². The zero-order chi connectivity index (χ0) is 22.0. The number of rotatable bonds is 3. The summed E-state index contributed by atoms with van der Waals surface area (Å²) in [5.41, 5.74) is 2.01. The third-order valence-electron chi connectivity index (χ3n) is 10.5. The van der Waals surface area contributed by atoms with Crippen molar-refractivity contribution in [3.63, 3.8) is 0 Å². The Morgan fingerprint density at radius 2 is 1.65 bits per heavy atom. The van der Waals surface area contributed by atoms with Gasteiger partial charge in [0.25, 0.3) is 0 Å². The molecule has 1 aromatic carbocycles. The molecule has 8 atom stereocenters. The molecule has 4 aliphatic rings. The normalized spacial score (nSPS) is 45.0. The summed E-state index contributed by atoms with van der Waals surface area (Å²) in [5, 5.41) is 12.1. The lowest BCUT2D eigenvalue weighted by Gasteiger charge is -2.61. The quantitative estimate of drug-likeness (QED) is 0.459. The molecule has 0 heterocycles. The van der Waals surface area contributed by atoms with Crippen molar-refractivity contribution in [1.82, 2.24) is 0 Å². The van der Waals surface area contributed by atoms with Gasteiger partial charge in [-0.15, -0.1) is 0 Å². The van der Waals surface area contributed by atoms with Crippen molar-refractivity contribution >= 4 is 13.5 Å². The Morgan fingerprint density at radius 1 is 0.968 bits per heavy atom. The summed E-state index contributed by atoms with van der Waals surface area (Å²) in [4.78, 5) is 0. The van der Waals surface area contributed by atoms with Gasteiger partial charge < -0.3 is 9.53 Å². The molecule has 0 aromatic heterocycles. The fourth-order valence-corrected chi connectivity index (χ4v) is 10.8. The fraction of sp³-hybridized carbons (Fsp3) is 0.714. The van der Waals surface area contributed by atoms with Crippen LogP contribution >= 0.6 is 0 Å². The minimum atomic E-state index is -1.90. The van der Waals surface area contributed by atoms with Crippen molar-refractivity contribution < 1.29 is 9.53 Å². The van der Waals surface area contributed by atoms with E-state index in [1.807, 2.05) is 0 Å². The Bertz CT molecular complexity index is 835. The number of allylic oxidation sites excluding steroid dienone is 1. The van der Waals surface area contributed by atoms with Gasteiger partial charge in [-0.1, -0.05) is 56.3 Å². The van der Waals surface area contributed by atoms with Crippen LogP contribution in [0.15, 0.2) is 42.5 Å². The summed E-state index contributed by atoms with van der Waals surface area (Å²) in [5.74, 6) is 2.82. The van der Waals surface area contributed by atoms with Crippen molar-refractivity contribution in [2.45, 2.75) is 90.5 Å². The lowest BCUT2D eigenvalue weighted by atomic mass is 9.44. The smallest absolute Gasteiger partial charge is 0.218 e. The molecule has 4 fully saturated rings. The predicted octanol–water partition coefficient (Wildman–Crippen LogP) is 6.05. The Kier molecular flexibility index (Phi) is 5.35. The van der Waals surface area contributed by atoms with E-state index in [0.29, 0.717) is 23.4 Å². The van der Waals surface area contributed by atoms with Gasteiger partial charge in [-0.05, 0) is 104 Å². The second-order valence-electron chi connectivity index (χ2n) is 12.3. The Labute approximate surface area is 190 Å². The molecule has 0 saturated heterocycles. The average molecular weight is 439 g/mol. The van der Waals surface area contributed by atoms with Gasteiger partial charge in [0.05, 0.1) is 6.10 Å². The molecule has 0 amide bonds. The molecule has 0 bridgehead atoms. The van der Waals surface area contributed by atoms with Gasteiger partial charge in [-0.25, -0.2) is 0 Å². The van der Waals surface area contributed by atoms with Gasteiger partial charge in [-0.2, -0.15) is 0 Å². The van der Waals surface area contributed by atoms with E-state index < -0.39 is 8.32 Å². The highest BCUT2D eigenvalue weighted by molar-refractivity contribution is 6.84. The summed E-state index contributed by atoms with van der Waals surface area (Å²) in [7, 11) is -1.90. The van der Waals surface area contributed by atoms with Gasteiger partial charge in [0.2, 0.25) is 8.32 Å². The number of fused-ring (bicyclic) bond motifs is 5. The van der Waals surface area contributed by atoms with Crippen LogP contribution in [0.25, 0.3) is 0 Å². The van der Waals surface area contributed by atoms with Crippen LogP contribution in [0.4, 0.5) is 0 Å². The first-order valence-corrected chi connectivity index (χ1v) is 15.6. The maximum Gasteiger partial charge on any atom is 0.218 e. The van der Waals surface area contributed by atoms with Crippen molar-refractivity contribution in [1.29, 1.82) is 0 Å². The van der Waals surface area contributed by atoms with E-state index in [1.165, 1.54) is 49.3 Å².